The van der Waals surface area contributed by atoms with Gasteiger partial charge in [0.05, 0.1) is 10.6 Å². The Kier molecular flexibility index (Phi) is 4.42. The third-order valence-electron chi connectivity index (χ3n) is 2.99. The van der Waals surface area contributed by atoms with Crippen molar-refractivity contribution in [2.75, 3.05) is 6.61 Å². The molecule has 0 spiro atoms. The van der Waals surface area contributed by atoms with E-state index < -0.39 is 16.1 Å². The average molecular weight is 309 g/mol. The lowest BCUT2D eigenvalue weighted by Crippen LogP contribution is -2.30. The van der Waals surface area contributed by atoms with Gasteiger partial charge in [-0.3, -0.25) is 0 Å². The number of rotatable bonds is 5. The lowest BCUT2D eigenvalue weighted by molar-refractivity contribution is -0.107. The van der Waals surface area contributed by atoms with Crippen molar-refractivity contribution in [1.29, 1.82) is 0 Å². The van der Waals surface area contributed by atoms with Crippen molar-refractivity contribution in [2.24, 2.45) is 0 Å². The first-order valence-corrected chi connectivity index (χ1v) is 7.82. The fraction of sp³-hybridized carbons (Fsp3) is 0.286. The van der Waals surface area contributed by atoms with Crippen molar-refractivity contribution in [1.82, 2.24) is 4.31 Å². The number of benzene rings is 1. The molecule has 1 fully saturated rings. The molecule has 6 nitrogen and oxygen atoms in total. The Morgan fingerprint density at radius 1 is 1.24 bits per heavy atom. The molecular weight excluding hydrogens is 294 g/mol. The Morgan fingerprint density at radius 2 is 1.90 bits per heavy atom. The summed E-state index contributed by atoms with van der Waals surface area (Å²) in [5.41, 5.74) is 1.15. The lowest BCUT2D eigenvalue weighted by Gasteiger charge is -2.15. The molecule has 1 aromatic carbocycles. The Morgan fingerprint density at radius 3 is 2.52 bits per heavy atom. The molecule has 1 heterocycles. The Labute approximate surface area is 123 Å². The highest BCUT2D eigenvalue weighted by molar-refractivity contribution is 7.89. The number of nitrogens with zero attached hydrogens (tertiary/aromatic N) is 1. The minimum absolute atomic E-state index is 0.0215. The summed E-state index contributed by atoms with van der Waals surface area (Å²) >= 11 is 0. The van der Waals surface area contributed by atoms with Crippen molar-refractivity contribution >= 4 is 22.4 Å². The Balaban J connectivity index is 2.36. The first-order valence-electron chi connectivity index (χ1n) is 6.38. The number of hydrogen-bond acceptors (Lipinski definition) is 5. The maximum atomic E-state index is 12.5. The number of allylic oxidation sites excluding steroid dienone is 1. The normalized spacial score (nSPS) is 17.1. The second kappa shape index (κ2) is 6.09. The summed E-state index contributed by atoms with van der Waals surface area (Å²) in [6, 6.07) is 6.20. The molecule has 0 radical (unpaired) electrons. The van der Waals surface area contributed by atoms with Crippen LogP contribution >= 0.6 is 0 Å². The van der Waals surface area contributed by atoms with Crippen LogP contribution in [0.5, 0.6) is 0 Å². The Hall–Kier alpha value is -2.15. The van der Waals surface area contributed by atoms with E-state index in [1.54, 1.807) is 12.1 Å². The van der Waals surface area contributed by atoms with E-state index in [9.17, 15) is 18.0 Å². The molecule has 0 bridgehead atoms. The quantitative estimate of drug-likeness (QED) is 0.614. The Bertz CT molecular complexity index is 676. The summed E-state index contributed by atoms with van der Waals surface area (Å²) in [6.45, 7) is 1.73. The fourth-order valence-corrected chi connectivity index (χ4v) is 3.27. The minimum Gasteiger partial charge on any atom is -0.442 e. The highest BCUT2D eigenvalue weighted by Gasteiger charge is 2.38. The molecule has 1 aliphatic heterocycles. The van der Waals surface area contributed by atoms with Crippen molar-refractivity contribution < 1.29 is 22.7 Å². The van der Waals surface area contributed by atoms with Gasteiger partial charge in [-0.2, -0.15) is 4.31 Å². The molecule has 112 valence electrons. The summed E-state index contributed by atoms with van der Waals surface area (Å²) in [5.74, 6) is 0. The number of cyclic esters (lactones) is 1. The molecule has 0 atom stereocenters. The van der Waals surface area contributed by atoms with Crippen LogP contribution < -0.4 is 0 Å². The maximum absolute atomic E-state index is 12.5. The largest absolute Gasteiger partial charge is 0.442 e. The summed E-state index contributed by atoms with van der Waals surface area (Å²) in [4.78, 5) is 22.1. The molecule has 1 amide bonds. The van der Waals surface area contributed by atoms with Crippen LogP contribution in [0.25, 0.3) is 0 Å². The highest BCUT2D eigenvalue weighted by Crippen LogP contribution is 2.26. The summed E-state index contributed by atoms with van der Waals surface area (Å²) in [6.07, 6.45) is 1.96. The second-order valence-corrected chi connectivity index (χ2v) is 6.36. The van der Waals surface area contributed by atoms with E-state index in [0.717, 1.165) is 11.8 Å². The molecule has 2 rings (SSSR count). The molecule has 21 heavy (non-hydrogen) atoms. The van der Waals surface area contributed by atoms with Gasteiger partial charge in [-0.05, 0) is 25.5 Å². The van der Waals surface area contributed by atoms with Gasteiger partial charge in [0, 0.05) is 6.42 Å². The molecule has 0 N–H and O–H groups in total. The van der Waals surface area contributed by atoms with Crippen LogP contribution in [0.2, 0.25) is 0 Å². The number of aldehydes is 1. The average Bonchev–Trinajstić information content (AvgIpc) is 2.81. The second-order valence-electron chi connectivity index (χ2n) is 4.58. The monoisotopic (exact) mass is 309 g/mol. The number of ether oxygens (including phenoxy) is 1. The summed E-state index contributed by atoms with van der Waals surface area (Å²) < 4.78 is 30.5. The number of sulfonamides is 1. The molecule has 7 heteroatoms. The van der Waals surface area contributed by atoms with Gasteiger partial charge in [0.2, 0.25) is 0 Å². The van der Waals surface area contributed by atoms with Crippen molar-refractivity contribution in [2.45, 2.75) is 24.7 Å². The van der Waals surface area contributed by atoms with Gasteiger partial charge in [0.1, 0.15) is 12.9 Å². The van der Waals surface area contributed by atoms with Crippen molar-refractivity contribution in [3.05, 3.63) is 41.6 Å². The zero-order valence-electron chi connectivity index (χ0n) is 11.5. The molecule has 1 aromatic rings. The molecular formula is C14H15NO5S. The highest BCUT2D eigenvalue weighted by atomic mass is 32.2. The zero-order chi connectivity index (χ0) is 15.5. The molecule has 0 unspecified atom stereocenters. The molecule has 0 saturated carbocycles. The first-order chi connectivity index (χ1) is 9.96. The standard InChI is InChI=1S/C14H15NO5S/c1-11-5-7-13(8-6-11)21(18,19)15-12(4-2-3-9-16)10-20-14(15)17/h4-9H,2-3,10H2,1H3/b12-4+. The van der Waals surface area contributed by atoms with Crippen LogP contribution in [-0.4, -0.2) is 31.7 Å². The number of hydrogen-bond donors (Lipinski definition) is 0. The predicted octanol–water partition coefficient (Wildman–Crippen LogP) is 2.00. The molecule has 0 aliphatic carbocycles. The fourth-order valence-electron chi connectivity index (χ4n) is 1.90. The van der Waals surface area contributed by atoms with Crippen LogP contribution in [0.3, 0.4) is 0 Å². The number of carbonyl (C=O) groups is 2. The number of amides is 1. The van der Waals surface area contributed by atoms with Gasteiger partial charge in [-0.25, -0.2) is 13.2 Å². The summed E-state index contributed by atoms with van der Waals surface area (Å²) in [5, 5.41) is 0. The van der Waals surface area contributed by atoms with Crippen molar-refractivity contribution in [3.8, 4) is 0 Å². The van der Waals surface area contributed by atoms with Gasteiger partial charge >= 0.3 is 6.09 Å². The smallest absolute Gasteiger partial charge is 0.428 e. The number of carbonyl (C=O) groups excluding carboxylic acids is 2. The predicted molar refractivity (Wildman–Crippen MR) is 74.9 cm³/mol. The van der Waals surface area contributed by atoms with Crippen LogP contribution in [0.1, 0.15) is 18.4 Å². The first kappa shape index (κ1) is 15.2. The van der Waals surface area contributed by atoms with E-state index in [-0.39, 0.29) is 23.6 Å². The van der Waals surface area contributed by atoms with Crippen LogP contribution in [0, 0.1) is 6.92 Å². The van der Waals surface area contributed by atoms with Crippen LogP contribution in [0.4, 0.5) is 4.79 Å². The van der Waals surface area contributed by atoms with E-state index >= 15 is 0 Å². The van der Waals surface area contributed by atoms with Crippen LogP contribution in [0.15, 0.2) is 40.9 Å². The molecule has 0 aromatic heterocycles. The third-order valence-corrected chi connectivity index (χ3v) is 4.73. The summed E-state index contributed by atoms with van der Waals surface area (Å²) in [7, 11) is -3.99. The topological polar surface area (TPSA) is 80.8 Å². The zero-order valence-corrected chi connectivity index (χ0v) is 12.3. The molecule has 1 saturated heterocycles. The van der Waals surface area contributed by atoms with Gasteiger partial charge < -0.3 is 9.53 Å². The molecule has 1 aliphatic rings. The van der Waals surface area contributed by atoms with E-state index in [0.29, 0.717) is 10.7 Å². The number of unbranched alkanes of at least 4 members (excludes halogenated alkanes) is 1. The van der Waals surface area contributed by atoms with Gasteiger partial charge in [0.25, 0.3) is 10.0 Å². The SMILES string of the molecule is Cc1ccc(S(=O)(=O)N2C(=O)OC/C2=C\CCC=O)cc1. The van der Waals surface area contributed by atoms with Gasteiger partial charge in [-0.15, -0.1) is 0 Å². The van der Waals surface area contributed by atoms with E-state index in [1.807, 2.05) is 6.92 Å². The van der Waals surface area contributed by atoms with E-state index in [2.05, 4.69) is 0 Å². The van der Waals surface area contributed by atoms with Gasteiger partial charge in [0.15, 0.2) is 0 Å². The van der Waals surface area contributed by atoms with Crippen LogP contribution in [-0.2, 0) is 19.6 Å². The maximum Gasteiger partial charge on any atom is 0.428 e. The third kappa shape index (κ3) is 3.13. The van der Waals surface area contributed by atoms with Gasteiger partial charge in [-0.1, -0.05) is 23.8 Å². The van der Waals surface area contributed by atoms with E-state index in [1.165, 1.54) is 18.2 Å². The van der Waals surface area contributed by atoms with E-state index in [4.69, 9.17) is 4.74 Å². The van der Waals surface area contributed by atoms with Crippen molar-refractivity contribution in [3.63, 3.8) is 0 Å². The number of aryl methyl sites for hydroxylation is 1. The lowest BCUT2D eigenvalue weighted by atomic mass is 10.2. The minimum atomic E-state index is -3.99.